The van der Waals surface area contributed by atoms with Crippen LogP contribution in [0, 0.1) is 11.6 Å². The number of ketones is 1. The fraction of sp³-hybridized carbons (Fsp3) is 0.409. The molecule has 3 atom stereocenters. The number of carbonyl (C=O) groups excluding carboxylic acids is 8. The van der Waals surface area contributed by atoms with Gasteiger partial charge in [-0.15, -0.1) is 0 Å². The first kappa shape index (κ1) is 60.9. The number of aldehydes is 1. The van der Waals surface area contributed by atoms with Crippen LogP contribution in [0.1, 0.15) is 79.4 Å². The smallest absolute Gasteiger partial charge is 0.336 e. The van der Waals surface area contributed by atoms with E-state index in [1.54, 1.807) is 6.92 Å². The van der Waals surface area contributed by atoms with Gasteiger partial charge in [-0.05, 0) is 31.5 Å². The van der Waals surface area contributed by atoms with Crippen LogP contribution in [0.15, 0.2) is 70.7 Å². The molecule has 24 heteroatoms. The number of halogens is 8. The molecule has 2 aromatic rings. The Balaban J connectivity index is 0.00000105. The SMILES string of the molecule is CCOC(=O)C1=C(COC(C)=O)NC(CF)=C(C(=O)OC)C1c1cccc(F)c1C(F)CF.CCOC(=O)CC(=O)COC(C)=O.COC(=O)/C=C(\N)CF.O=Cc1cccc(F)c1C(F)CF. The number of ether oxygens (including phenoxy) is 6. The van der Waals surface area contributed by atoms with Crippen LogP contribution in [0.25, 0.3) is 0 Å². The number of esters is 6. The van der Waals surface area contributed by atoms with Crippen molar-refractivity contribution < 1.29 is 102 Å². The molecule has 16 nitrogen and oxygen atoms in total. The maximum Gasteiger partial charge on any atom is 0.336 e. The van der Waals surface area contributed by atoms with Crippen LogP contribution < -0.4 is 11.1 Å². The zero-order chi connectivity index (χ0) is 52.1. The third-order valence-electron chi connectivity index (χ3n) is 8.23. The minimum absolute atomic E-state index is 0.116. The minimum Gasteiger partial charge on any atom is -0.466 e. The molecule has 0 spiro atoms. The molecular formula is C44H50F8N2O14. The summed E-state index contributed by atoms with van der Waals surface area (Å²) in [4.78, 5) is 89.3. The molecule has 0 aromatic heterocycles. The summed E-state index contributed by atoms with van der Waals surface area (Å²) in [6.45, 7) is -0.403. The summed E-state index contributed by atoms with van der Waals surface area (Å²) in [6.07, 6.45) is -3.65. The van der Waals surface area contributed by atoms with Gasteiger partial charge in [0.25, 0.3) is 0 Å². The predicted octanol–water partition coefficient (Wildman–Crippen LogP) is 5.93. The van der Waals surface area contributed by atoms with Crippen LogP contribution in [0.5, 0.6) is 0 Å². The Labute approximate surface area is 384 Å². The highest BCUT2D eigenvalue weighted by Crippen LogP contribution is 2.43. The zero-order valence-electron chi connectivity index (χ0n) is 37.5. The Morgan fingerprint density at radius 3 is 1.76 bits per heavy atom. The third kappa shape index (κ3) is 20.2. The van der Waals surface area contributed by atoms with E-state index in [1.165, 1.54) is 45.2 Å². The Morgan fingerprint density at radius 1 is 0.735 bits per heavy atom. The monoisotopic (exact) mass is 982 g/mol. The van der Waals surface area contributed by atoms with E-state index in [-0.39, 0.29) is 60.0 Å². The molecule has 3 rings (SSSR count). The number of nitrogens with one attached hydrogen (secondary N) is 1. The van der Waals surface area contributed by atoms with E-state index in [9.17, 15) is 73.5 Å². The summed E-state index contributed by atoms with van der Waals surface area (Å²) in [6, 6.07) is 6.73. The molecule has 0 bridgehead atoms. The predicted molar refractivity (Wildman–Crippen MR) is 222 cm³/mol. The number of carbonyl (C=O) groups is 8. The van der Waals surface area contributed by atoms with E-state index in [1.807, 2.05) is 0 Å². The second-order valence-corrected chi connectivity index (χ2v) is 13.0. The van der Waals surface area contributed by atoms with Gasteiger partial charge in [0.2, 0.25) is 0 Å². The molecule has 0 saturated carbocycles. The Bertz CT molecular complexity index is 2170. The Morgan fingerprint density at radius 2 is 1.28 bits per heavy atom. The van der Waals surface area contributed by atoms with Gasteiger partial charge in [-0.2, -0.15) is 0 Å². The van der Waals surface area contributed by atoms with Crippen molar-refractivity contribution in [2.45, 2.75) is 52.4 Å². The summed E-state index contributed by atoms with van der Waals surface area (Å²) in [5.74, 6) is -8.73. The molecule has 0 radical (unpaired) electrons. The first-order valence-corrected chi connectivity index (χ1v) is 19.7. The van der Waals surface area contributed by atoms with E-state index in [0.717, 1.165) is 32.2 Å². The van der Waals surface area contributed by atoms with Gasteiger partial charge in [0.15, 0.2) is 31.0 Å². The molecule has 0 saturated heterocycles. The lowest BCUT2D eigenvalue weighted by molar-refractivity contribution is -0.151. The van der Waals surface area contributed by atoms with Crippen molar-refractivity contribution in [1.82, 2.24) is 5.32 Å². The van der Waals surface area contributed by atoms with Crippen molar-refractivity contribution in [3.63, 3.8) is 0 Å². The van der Waals surface area contributed by atoms with E-state index in [0.29, 0.717) is 6.29 Å². The number of benzene rings is 2. The third-order valence-corrected chi connectivity index (χ3v) is 8.23. The van der Waals surface area contributed by atoms with Crippen molar-refractivity contribution in [3.8, 4) is 0 Å². The summed E-state index contributed by atoms with van der Waals surface area (Å²) in [5, 5.41) is 2.53. The number of dihydropyridines is 1. The Kier molecular flexibility index (Phi) is 29.1. The van der Waals surface area contributed by atoms with Crippen LogP contribution in [0.3, 0.4) is 0 Å². The number of allylic oxidation sites excluding steroid dienone is 2. The van der Waals surface area contributed by atoms with Crippen LogP contribution >= 0.6 is 0 Å². The van der Waals surface area contributed by atoms with Gasteiger partial charge in [0.05, 0.1) is 55.9 Å². The minimum atomic E-state index is -2.44. The van der Waals surface area contributed by atoms with Gasteiger partial charge in [-0.25, -0.2) is 49.5 Å². The number of Topliss-reactive ketones (excluding diaryl/α,β-unsaturated/α-hetero) is 1. The summed E-state index contributed by atoms with van der Waals surface area (Å²) < 4.78 is 133. The van der Waals surface area contributed by atoms with Crippen molar-refractivity contribution >= 4 is 47.9 Å². The van der Waals surface area contributed by atoms with Gasteiger partial charge in [0.1, 0.15) is 51.4 Å². The molecule has 1 heterocycles. The van der Waals surface area contributed by atoms with Crippen LogP contribution in [0.4, 0.5) is 35.1 Å². The van der Waals surface area contributed by atoms with Gasteiger partial charge in [-0.1, -0.05) is 24.3 Å². The molecule has 1 aliphatic rings. The van der Waals surface area contributed by atoms with Crippen LogP contribution in [0.2, 0.25) is 0 Å². The van der Waals surface area contributed by atoms with Crippen molar-refractivity contribution in [3.05, 3.63) is 105 Å². The molecule has 1 aliphatic heterocycles. The van der Waals surface area contributed by atoms with Gasteiger partial charge in [-0.3, -0.25) is 24.0 Å². The topological polar surface area (TPSA) is 230 Å². The highest BCUT2D eigenvalue weighted by atomic mass is 19.2. The maximum atomic E-state index is 14.6. The normalized spacial score (nSPS) is 13.7. The standard InChI is InChI=1S/C22H23F4NO6.C9H7F3O.C8H12O5.C5H8FNO2/c1-4-32-22(30)20-16(10-33-11(2)28)27-15(9-24)19(21(29)31-3)18(20)12-6-5-7-13(25)17(12)14(26)8-23;10-4-8(12)9-6(5-13)2-1-3-7(9)11;1-3-12-8(11)4-7(10)5-13-6(2)9;1-9-5(8)2-4(7)3-6/h5-7,14,18,27H,4,8-10H2,1-3H3;1-3,5,8H,4H2;3-5H2,1-2H3;2H,3,7H2,1H3/b;;;4-2-. The van der Waals surface area contributed by atoms with E-state index >= 15 is 0 Å². The fourth-order valence-electron chi connectivity index (χ4n) is 5.45. The largest absolute Gasteiger partial charge is 0.466 e. The molecule has 3 N–H and O–H groups in total. The van der Waals surface area contributed by atoms with E-state index in [2.05, 4.69) is 19.5 Å². The fourth-order valence-corrected chi connectivity index (χ4v) is 5.45. The number of methoxy groups -OCH3 is 2. The second kappa shape index (κ2) is 32.5. The highest BCUT2D eigenvalue weighted by Gasteiger charge is 2.42. The first-order valence-electron chi connectivity index (χ1n) is 19.7. The molecular weight excluding hydrogens is 932 g/mol. The summed E-state index contributed by atoms with van der Waals surface area (Å²) in [5.41, 5.74) is 1.72. The van der Waals surface area contributed by atoms with E-state index in [4.69, 9.17) is 19.9 Å². The second-order valence-electron chi connectivity index (χ2n) is 13.0. The quantitative estimate of drug-likeness (QED) is 0.0415. The molecule has 376 valence electrons. The van der Waals surface area contributed by atoms with E-state index < -0.39 is 122 Å². The lowest BCUT2D eigenvalue weighted by Crippen LogP contribution is -2.36. The summed E-state index contributed by atoms with van der Waals surface area (Å²) >= 11 is 0. The number of nitrogens with two attached hydrogens (primary N) is 1. The average molecular weight is 983 g/mol. The molecule has 0 amide bonds. The zero-order valence-corrected chi connectivity index (χ0v) is 37.5. The van der Waals surface area contributed by atoms with Gasteiger partial charge >= 0.3 is 35.8 Å². The number of alkyl halides is 6. The number of hydrogen-bond acceptors (Lipinski definition) is 16. The summed E-state index contributed by atoms with van der Waals surface area (Å²) in [7, 11) is 2.20. The molecule has 68 heavy (non-hydrogen) atoms. The first-order chi connectivity index (χ1) is 32.2. The maximum absolute atomic E-state index is 14.6. The average Bonchev–Trinajstić information content (AvgIpc) is 3.31. The van der Waals surface area contributed by atoms with Gasteiger partial charge < -0.3 is 39.5 Å². The molecule has 0 aliphatic carbocycles. The molecule has 0 fully saturated rings. The van der Waals surface area contributed by atoms with Crippen LogP contribution in [-0.4, -0.2) is 115 Å². The van der Waals surface area contributed by atoms with Gasteiger partial charge in [0, 0.05) is 42.3 Å². The van der Waals surface area contributed by atoms with Crippen LogP contribution in [-0.2, 0) is 62.0 Å². The lowest BCUT2D eigenvalue weighted by Gasteiger charge is -2.32. The lowest BCUT2D eigenvalue weighted by atomic mass is 9.77. The Hall–Kier alpha value is -7.14. The van der Waals surface area contributed by atoms with Crippen molar-refractivity contribution in [2.24, 2.45) is 5.73 Å². The number of rotatable bonds is 19. The molecule has 2 aromatic carbocycles. The highest BCUT2D eigenvalue weighted by molar-refractivity contribution is 6.00. The van der Waals surface area contributed by atoms with Crippen molar-refractivity contribution in [1.29, 1.82) is 0 Å². The number of hydrogen-bond donors (Lipinski definition) is 2. The molecule has 3 unspecified atom stereocenters. The van der Waals surface area contributed by atoms with Crippen molar-refractivity contribution in [2.75, 3.05) is 67.3 Å².